The molecule has 0 aliphatic rings. The molecule has 0 bridgehead atoms. The van der Waals surface area contributed by atoms with Crippen molar-refractivity contribution in [1.29, 1.82) is 0 Å². The smallest absolute Gasteiger partial charge is 0.135 e. The topological polar surface area (TPSA) is 13.1 Å². The van der Waals surface area contributed by atoms with Gasteiger partial charge in [-0.25, -0.2) is 0 Å². The fourth-order valence-corrected chi connectivity index (χ4v) is 8.67. The van der Waals surface area contributed by atoms with Gasteiger partial charge in [0, 0.05) is 10.8 Å². The number of hydrogen-bond donors (Lipinski definition) is 0. The van der Waals surface area contributed by atoms with Crippen LogP contribution < -0.4 is 0 Å². The summed E-state index contributed by atoms with van der Waals surface area (Å²) >= 11 is 0. The van der Waals surface area contributed by atoms with E-state index in [4.69, 9.17) is 4.42 Å². The van der Waals surface area contributed by atoms with Crippen LogP contribution in [0.3, 0.4) is 0 Å². The average Bonchev–Trinajstić information content (AvgIpc) is 3.58. The molecule has 1 heterocycles. The van der Waals surface area contributed by atoms with E-state index in [2.05, 4.69) is 115 Å². The minimum absolute atomic E-state index is 0.175. The predicted octanol–water partition coefficient (Wildman–Crippen LogP) is 14.4. The van der Waals surface area contributed by atoms with Crippen LogP contribution in [-0.4, -0.2) is 0 Å². The molecule has 12 aromatic rings. The van der Waals surface area contributed by atoms with Crippen LogP contribution in [0.25, 0.3) is 120 Å². The van der Waals surface area contributed by atoms with Crippen molar-refractivity contribution >= 4 is 86.6 Å². The summed E-state index contributed by atoms with van der Waals surface area (Å²) in [5.74, 6) is 0. The van der Waals surface area contributed by atoms with Crippen LogP contribution in [0.15, 0.2) is 174 Å². The molecule has 0 aliphatic heterocycles. The Morgan fingerprint density at radius 2 is 0.784 bits per heavy atom. The minimum atomic E-state index is 0.175. The Bertz CT molecular complexity index is 3330. The molecule has 0 saturated carbocycles. The summed E-state index contributed by atoms with van der Waals surface area (Å²) in [5.41, 5.74) is 5.51. The van der Waals surface area contributed by atoms with Crippen molar-refractivity contribution in [2.75, 3.05) is 0 Å². The normalized spacial score (nSPS) is 13.1. The molecule has 0 N–H and O–H groups in total. The zero-order valence-electron chi connectivity index (χ0n) is 30.3. The van der Waals surface area contributed by atoms with Crippen molar-refractivity contribution in [3.8, 4) is 33.4 Å². The summed E-state index contributed by atoms with van der Waals surface area (Å²) in [7, 11) is 0. The van der Waals surface area contributed by atoms with Gasteiger partial charge in [-0.15, -0.1) is 0 Å². The van der Waals surface area contributed by atoms with Gasteiger partial charge in [0.05, 0.1) is 4.11 Å². The SMILES string of the molecule is [2H]c1c(-c2ccc3oc4ccccc4c3c2)c([2H])c(-c2ccc3ccc4cccc5ccc2c3c45)c([2H])c1-c1ccc2ccc3cccc4ccc1c2c34. The van der Waals surface area contributed by atoms with Crippen molar-refractivity contribution in [3.63, 3.8) is 0 Å². The fourth-order valence-electron chi connectivity index (χ4n) is 8.67. The third-order valence-corrected chi connectivity index (χ3v) is 11.0. The number of rotatable bonds is 3. The quantitative estimate of drug-likeness (QED) is 0.174. The lowest BCUT2D eigenvalue weighted by molar-refractivity contribution is 0.669. The molecule has 0 radical (unpaired) electrons. The van der Waals surface area contributed by atoms with Gasteiger partial charge in [-0.2, -0.15) is 0 Å². The summed E-state index contributed by atoms with van der Waals surface area (Å²) in [5, 5.41) is 15.5. The van der Waals surface area contributed by atoms with Gasteiger partial charge >= 0.3 is 0 Å². The van der Waals surface area contributed by atoms with E-state index in [1.807, 2.05) is 36.4 Å². The molecular weight excluding hydrogens is 617 g/mol. The first-order valence-electron chi connectivity index (χ1n) is 18.9. The lowest BCUT2D eigenvalue weighted by Gasteiger charge is -2.18. The van der Waals surface area contributed by atoms with Crippen molar-refractivity contribution in [1.82, 2.24) is 0 Å². The van der Waals surface area contributed by atoms with Crippen molar-refractivity contribution in [2.45, 2.75) is 0 Å². The molecule has 51 heavy (non-hydrogen) atoms. The monoisotopic (exact) mass is 647 g/mol. The van der Waals surface area contributed by atoms with Gasteiger partial charge in [-0.3, -0.25) is 0 Å². The van der Waals surface area contributed by atoms with Gasteiger partial charge in [0.15, 0.2) is 0 Å². The Hall–Kier alpha value is -6.70. The lowest BCUT2D eigenvalue weighted by Crippen LogP contribution is -1.91. The highest BCUT2D eigenvalue weighted by atomic mass is 16.3. The van der Waals surface area contributed by atoms with Gasteiger partial charge in [0.1, 0.15) is 11.2 Å². The first-order chi connectivity index (χ1) is 26.5. The largest absolute Gasteiger partial charge is 0.456 e. The summed E-state index contributed by atoms with van der Waals surface area (Å²) in [4.78, 5) is 0. The van der Waals surface area contributed by atoms with Crippen LogP contribution in [0.4, 0.5) is 0 Å². The Morgan fingerprint density at radius 1 is 0.314 bits per heavy atom. The maximum Gasteiger partial charge on any atom is 0.135 e. The van der Waals surface area contributed by atoms with Crippen molar-refractivity contribution < 1.29 is 8.53 Å². The van der Waals surface area contributed by atoms with E-state index >= 15 is 0 Å². The fraction of sp³-hybridized carbons (Fsp3) is 0. The number of furan rings is 1. The molecule has 0 unspecified atom stereocenters. The molecule has 0 saturated heterocycles. The summed E-state index contributed by atoms with van der Waals surface area (Å²) in [6.07, 6.45) is 0. The maximum atomic E-state index is 10.1. The Balaban J connectivity index is 1.23. The molecule has 11 aromatic carbocycles. The predicted molar refractivity (Wildman–Crippen MR) is 217 cm³/mol. The van der Waals surface area contributed by atoms with Crippen LogP contribution in [0.2, 0.25) is 0 Å². The highest BCUT2D eigenvalue weighted by Crippen LogP contribution is 2.44. The molecule has 234 valence electrons. The number of fused-ring (bicyclic) bond motifs is 3. The molecule has 1 nitrogen and oxygen atoms in total. The molecule has 1 aromatic heterocycles. The first-order valence-corrected chi connectivity index (χ1v) is 17.4. The van der Waals surface area contributed by atoms with Gasteiger partial charge in [-0.05, 0) is 134 Å². The van der Waals surface area contributed by atoms with Gasteiger partial charge in [-0.1, -0.05) is 133 Å². The van der Waals surface area contributed by atoms with E-state index in [1.165, 1.54) is 10.8 Å². The van der Waals surface area contributed by atoms with Crippen LogP contribution in [0.1, 0.15) is 4.11 Å². The van der Waals surface area contributed by atoms with Crippen LogP contribution in [0.5, 0.6) is 0 Å². The second-order valence-electron chi connectivity index (χ2n) is 13.7. The zero-order chi connectivity index (χ0) is 35.8. The Morgan fingerprint density at radius 3 is 1.37 bits per heavy atom. The Kier molecular flexibility index (Phi) is 4.76. The molecule has 0 fully saturated rings. The van der Waals surface area contributed by atoms with Crippen LogP contribution >= 0.6 is 0 Å². The summed E-state index contributed by atoms with van der Waals surface area (Å²) in [6.45, 7) is 0. The van der Waals surface area contributed by atoms with Crippen molar-refractivity contribution in [3.05, 3.63) is 170 Å². The van der Waals surface area contributed by atoms with E-state index in [0.29, 0.717) is 16.7 Å². The second-order valence-corrected chi connectivity index (χ2v) is 13.7. The number of para-hydroxylation sites is 1. The third kappa shape index (κ3) is 3.81. The highest BCUT2D eigenvalue weighted by Gasteiger charge is 2.17. The van der Waals surface area contributed by atoms with Gasteiger partial charge in [0.2, 0.25) is 0 Å². The van der Waals surface area contributed by atoms with Gasteiger partial charge < -0.3 is 4.42 Å². The highest BCUT2D eigenvalue weighted by molar-refractivity contribution is 6.27. The number of hydrogen-bond acceptors (Lipinski definition) is 1. The maximum absolute atomic E-state index is 10.1. The zero-order valence-corrected chi connectivity index (χ0v) is 27.3. The summed E-state index contributed by atoms with van der Waals surface area (Å²) in [6, 6.07) is 52.9. The van der Waals surface area contributed by atoms with Crippen LogP contribution in [-0.2, 0) is 0 Å². The standard InChI is InChI=1S/C50H28O/c1-2-10-45-41(9-1)44-28-35(19-24-46(44)51-45)36-25-37(39-20-15-33-13-11-29-5-3-7-31-17-22-42(39)49(33)47(29)31)27-38(26-36)40-21-16-34-14-12-30-6-4-8-32-18-23-43(40)50(34)48(30)32/h1-28H/i25D,26D,27D. The average molecular weight is 648 g/mol. The molecule has 1 heteroatoms. The third-order valence-electron chi connectivity index (χ3n) is 11.0. The van der Waals surface area contributed by atoms with Crippen LogP contribution in [0, 0.1) is 0 Å². The van der Waals surface area contributed by atoms with E-state index in [1.54, 1.807) is 0 Å². The molecular formula is C50H28O. The Labute approximate surface area is 297 Å². The van der Waals surface area contributed by atoms with E-state index in [0.717, 1.165) is 92.5 Å². The minimum Gasteiger partial charge on any atom is -0.456 e. The number of benzene rings is 11. The molecule has 0 amide bonds. The molecule has 0 atom stereocenters. The van der Waals surface area contributed by atoms with Crippen molar-refractivity contribution in [2.24, 2.45) is 0 Å². The first kappa shape index (κ1) is 24.4. The molecule has 0 aliphatic carbocycles. The summed E-state index contributed by atoms with van der Waals surface area (Å²) < 4.78 is 36.3. The molecule has 12 rings (SSSR count). The molecule has 0 spiro atoms. The van der Waals surface area contributed by atoms with E-state index in [9.17, 15) is 4.11 Å². The van der Waals surface area contributed by atoms with Gasteiger partial charge in [0.25, 0.3) is 0 Å². The lowest BCUT2D eigenvalue weighted by atomic mass is 9.86. The van der Waals surface area contributed by atoms with E-state index < -0.39 is 0 Å². The van der Waals surface area contributed by atoms with E-state index in [-0.39, 0.29) is 18.1 Å². The second kappa shape index (κ2) is 9.94.